The zero-order chi connectivity index (χ0) is 18.7. The van der Waals surface area contributed by atoms with Gasteiger partial charge in [-0.05, 0) is 43.3 Å². The maximum Gasteiger partial charge on any atom is 0.262 e. The van der Waals surface area contributed by atoms with Crippen LogP contribution in [0.1, 0.15) is 6.92 Å². The third-order valence-electron chi connectivity index (χ3n) is 3.70. The summed E-state index contributed by atoms with van der Waals surface area (Å²) in [6, 6.07) is 9.69. The molecule has 1 heterocycles. The summed E-state index contributed by atoms with van der Waals surface area (Å²) in [6.07, 6.45) is 1.49. The zero-order valence-electron chi connectivity index (χ0n) is 13.8. The van der Waals surface area contributed by atoms with Gasteiger partial charge in [0.1, 0.15) is 5.75 Å². The predicted molar refractivity (Wildman–Crippen MR) is 102 cm³/mol. The van der Waals surface area contributed by atoms with E-state index in [4.69, 9.17) is 27.9 Å². The van der Waals surface area contributed by atoms with E-state index in [0.29, 0.717) is 38.9 Å². The summed E-state index contributed by atoms with van der Waals surface area (Å²) in [5.74, 6) is 0.00350. The molecule has 1 aromatic heterocycles. The van der Waals surface area contributed by atoms with Crippen molar-refractivity contribution in [1.82, 2.24) is 9.55 Å². The second-order valence-electron chi connectivity index (χ2n) is 5.48. The Balaban J connectivity index is 1.70. The molecule has 0 radical (unpaired) electrons. The molecule has 0 saturated carbocycles. The molecular weight excluding hydrogens is 377 g/mol. The first kappa shape index (κ1) is 18.2. The van der Waals surface area contributed by atoms with Gasteiger partial charge in [-0.2, -0.15) is 0 Å². The van der Waals surface area contributed by atoms with Crippen molar-refractivity contribution in [1.29, 1.82) is 0 Å². The summed E-state index contributed by atoms with van der Waals surface area (Å²) in [5.41, 5.74) is 0.921. The largest absolute Gasteiger partial charge is 0.482 e. The number of ether oxygens (including phenoxy) is 1. The van der Waals surface area contributed by atoms with E-state index in [0.717, 1.165) is 0 Å². The Morgan fingerprint density at radius 3 is 2.77 bits per heavy atom. The van der Waals surface area contributed by atoms with Crippen LogP contribution >= 0.6 is 23.2 Å². The van der Waals surface area contributed by atoms with Gasteiger partial charge in [0.15, 0.2) is 6.61 Å². The maximum absolute atomic E-state index is 12.2. The summed E-state index contributed by atoms with van der Waals surface area (Å²) in [7, 11) is 0. The van der Waals surface area contributed by atoms with Crippen LogP contribution < -0.4 is 15.6 Å². The summed E-state index contributed by atoms with van der Waals surface area (Å²) in [6.45, 7) is 2.20. The Morgan fingerprint density at radius 1 is 1.23 bits per heavy atom. The number of amides is 1. The zero-order valence-corrected chi connectivity index (χ0v) is 15.3. The van der Waals surface area contributed by atoms with Gasteiger partial charge in [0, 0.05) is 17.3 Å². The molecule has 0 spiro atoms. The molecule has 3 aromatic rings. The highest BCUT2D eigenvalue weighted by molar-refractivity contribution is 6.35. The van der Waals surface area contributed by atoms with Gasteiger partial charge in [0.05, 0.1) is 22.3 Å². The fourth-order valence-electron chi connectivity index (χ4n) is 2.39. The predicted octanol–water partition coefficient (Wildman–Crippen LogP) is 3.74. The van der Waals surface area contributed by atoms with Crippen molar-refractivity contribution in [2.24, 2.45) is 0 Å². The van der Waals surface area contributed by atoms with Crippen molar-refractivity contribution in [2.45, 2.75) is 13.5 Å². The number of nitrogens with one attached hydrogen (secondary N) is 1. The first-order valence-corrected chi connectivity index (χ1v) is 8.60. The fraction of sp³-hybridized carbons (Fsp3) is 0.167. The van der Waals surface area contributed by atoms with Gasteiger partial charge < -0.3 is 10.1 Å². The molecule has 0 aliphatic heterocycles. The number of nitrogens with zero attached hydrogens (tertiary/aromatic N) is 2. The van der Waals surface area contributed by atoms with E-state index in [-0.39, 0.29) is 18.1 Å². The number of carbonyl (C=O) groups excluding carboxylic acids is 1. The molecule has 134 valence electrons. The van der Waals surface area contributed by atoms with Crippen LogP contribution in [0.2, 0.25) is 10.0 Å². The first-order valence-electron chi connectivity index (χ1n) is 7.85. The second-order valence-corrected chi connectivity index (χ2v) is 6.32. The molecule has 0 fully saturated rings. The highest BCUT2D eigenvalue weighted by Gasteiger charge is 2.09. The molecule has 0 unspecified atom stereocenters. The van der Waals surface area contributed by atoms with Crippen LogP contribution in [-0.4, -0.2) is 22.1 Å². The minimum absolute atomic E-state index is 0.115. The first-order chi connectivity index (χ1) is 12.5. The van der Waals surface area contributed by atoms with Crippen molar-refractivity contribution < 1.29 is 9.53 Å². The van der Waals surface area contributed by atoms with E-state index in [9.17, 15) is 9.59 Å². The van der Waals surface area contributed by atoms with Crippen LogP contribution in [0.25, 0.3) is 10.9 Å². The lowest BCUT2D eigenvalue weighted by Crippen LogP contribution is -2.21. The molecule has 6 nitrogen and oxygen atoms in total. The van der Waals surface area contributed by atoms with Crippen molar-refractivity contribution in [3.8, 4) is 5.75 Å². The van der Waals surface area contributed by atoms with Gasteiger partial charge in [-0.1, -0.05) is 23.2 Å². The van der Waals surface area contributed by atoms with E-state index in [1.165, 1.54) is 17.0 Å². The molecule has 0 aliphatic rings. The standard InChI is InChI=1S/C18H15Cl2N3O3/c1-2-23-10-21-15-8-12(4-5-13(15)18(23)25)22-17(24)9-26-16-6-3-11(19)7-14(16)20/h3-8,10H,2,9H2,1H3,(H,22,24). The fourth-order valence-corrected chi connectivity index (χ4v) is 2.86. The number of fused-ring (bicyclic) bond motifs is 1. The third-order valence-corrected chi connectivity index (χ3v) is 4.23. The Hall–Kier alpha value is -2.57. The number of aryl methyl sites for hydroxylation is 1. The Morgan fingerprint density at radius 2 is 2.04 bits per heavy atom. The van der Waals surface area contributed by atoms with Gasteiger partial charge in [-0.15, -0.1) is 0 Å². The van der Waals surface area contributed by atoms with E-state index in [1.54, 1.807) is 30.3 Å². The molecule has 8 heteroatoms. The number of benzene rings is 2. The van der Waals surface area contributed by atoms with Crippen molar-refractivity contribution in [3.63, 3.8) is 0 Å². The van der Waals surface area contributed by atoms with Crippen LogP contribution in [0.4, 0.5) is 5.69 Å². The second kappa shape index (κ2) is 7.76. The smallest absolute Gasteiger partial charge is 0.262 e. The number of rotatable bonds is 5. The lowest BCUT2D eigenvalue weighted by molar-refractivity contribution is -0.118. The summed E-state index contributed by atoms with van der Waals surface area (Å²) >= 11 is 11.8. The third kappa shape index (κ3) is 3.98. The van der Waals surface area contributed by atoms with Gasteiger partial charge >= 0.3 is 0 Å². The minimum Gasteiger partial charge on any atom is -0.482 e. The highest BCUT2D eigenvalue weighted by atomic mass is 35.5. The SMILES string of the molecule is CCn1cnc2cc(NC(=O)COc3ccc(Cl)cc3Cl)ccc2c1=O. The monoisotopic (exact) mass is 391 g/mol. The van der Waals surface area contributed by atoms with Gasteiger partial charge in [0.2, 0.25) is 0 Å². The number of anilines is 1. The normalized spacial score (nSPS) is 10.7. The average molecular weight is 392 g/mol. The molecule has 2 aromatic carbocycles. The molecule has 1 amide bonds. The van der Waals surface area contributed by atoms with Crippen molar-refractivity contribution >= 4 is 45.7 Å². The molecule has 0 bridgehead atoms. The van der Waals surface area contributed by atoms with Crippen LogP contribution in [0.5, 0.6) is 5.75 Å². The van der Waals surface area contributed by atoms with Gasteiger partial charge in [-0.3, -0.25) is 14.2 Å². The molecular formula is C18H15Cl2N3O3. The quantitative estimate of drug-likeness (QED) is 0.718. The minimum atomic E-state index is -0.364. The molecule has 0 saturated heterocycles. The number of hydrogen-bond donors (Lipinski definition) is 1. The van der Waals surface area contributed by atoms with Crippen LogP contribution in [-0.2, 0) is 11.3 Å². The van der Waals surface area contributed by atoms with E-state index >= 15 is 0 Å². The molecule has 1 N–H and O–H groups in total. The van der Waals surface area contributed by atoms with Crippen molar-refractivity contribution in [3.05, 3.63) is 63.1 Å². The van der Waals surface area contributed by atoms with Crippen molar-refractivity contribution in [2.75, 3.05) is 11.9 Å². The van der Waals surface area contributed by atoms with Gasteiger partial charge in [-0.25, -0.2) is 4.98 Å². The lowest BCUT2D eigenvalue weighted by Gasteiger charge is -2.10. The summed E-state index contributed by atoms with van der Waals surface area (Å²) in [4.78, 5) is 28.5. The van der Waals surface area contributed by atoms with Crippen LogP contribution in [0.15, 0.2) is 47.5 Å². The van der Waals surface area contributed by atoms with Crippen LogP contribution in [0.3, 0.4) is 0 Å². The number of aromatic nitrogens is 2. The van der Waals surface area contributed by atoms with Crippen LogP contribution in [0, 0.1) is 0 Å². The summed E-state index contributed by atoms with van der Waals surface area (Å²) in [5, 5.41) is 4.01. The maximum atomic E-state index is 12.2. The van der Waals surface area contributed by atoms with E-state index in [1.807, 2.05) is 6.92 Å². The Labute approximate surface area is 159 Å². The van der Waals surface area contributed by atoms with E-state index < -0.39 is 0 Å². The highest BCUT2D eigenvalue weighted by Crippen LogP contribution is 2.27. The Kier molecular flexibility index (Phi) is 5.44. The average Bonchev–Trinajstić information content (AvgIpc) is 2.61. The number of hydrogen-bond acceptors (Lipinski definition) is 4. The molecule has 3 rings (SSSR count). The molecule has 0 atom stereocenters. The molecule has 26 heavy (non-hydrogen) atoms. The van der Waals surface area contributed by atoms with E-state index in [2.05, 4.69) is 10.3 Å². The lowest BCUT2D eigenvalue weighted by atomic mass is 10.2. The summed E-state index contributed by atoms with van der Waals surface area (Å²) < 4.78 is 6.91. The molecule has 0 aliphatic carbocycles. The topological polar surface area (TPSA) is 73.2 Å². The Bertz CT molecular complexity index is 1030. The number of halogens is 2. The van der Waals surface area contributed by atoms with Gasteiger partial charge in [0.25, 0.3) is 11.5 Å². The number of carbonyl (C=O) groups is 1.